The minimum atomic E-state index is -1.11. The van der Waals surface area contributed by atoms with Crippen LogP contribution in [0.15, 0.2) is 28.8 Å². The van der Waals surface area contributed by atoms with Crippen LogP contribution in [0.5, 0.6) is 5.88 Å². The van der Waals surface area contributed by atoms with Crippen molar-refractivity contribution in [3.05, 3.63) is 48.7 Å². The van der Waals surface area contributed by atoms with Gasteiger partial charge in [0, 0.05) is 10.8 Å². The molecule has 8 heteroatoms. The van der Waals surface area contributed by atoms with E-state index in [1.807, 2.05) is 19.1 Å². The average molecular weight is 360 g/mol. The maximum Gasteiger partial charge on any atom is 0.323 e. The number of thiazole rings is 1. The molecule has 2 N–H and O–H groups in total. The smallest absolute Gasteiger partial charge is 0.323 e. The van der Waals surface area contributed by atoms with Gasteiger partial charge in [0.15, 0.2) is 3.95 Å². The van der Waals surface area contributed by atoms with Gasteiger partial charge >= 0.3 is 5.97 Å². The first-order chi connectivity index (χ1) is 11.3. The zero-order chi connectivity index (χ0) is 17.4. The monoisotopic (exact) mass is 360 g/mol. The predicted molar refractivity (Wildman–Crippen MR) is 91.9 cm³/mol. The van der Waals surface area contributed by atoms with Gasteiger partial charge in [-0.15, -0.1) is 11.3 Å². The van der Waals surface area contributed by atoms with Gasteiger partial charge in [0.1, 0.15) is 6.54 Å². The molecule has 6 nitrogen and oxygen atoms in total. The van der Waals surface area contributed by atoms with E-state index in [4.69, 9.17) is 17.3 Å². The molecule has 0 spiro atoms. The van der Waals surface area contributed by atoms with Gasteiger partial charge in [-0.2, -0.15) is 0 Å². The lowest BCUT2D eigenvalue weighted by Crippen LogP contribution is -2.30. The molecule has 1 aromatic heterocycles. The van der Waals surface area contributed by atoms with E-state index in [1.165, 1.54) is 6.08 Å². The van der Waals surface area contributed by atoms with E-state index in [0.29, 0.717) is 15.8 Å². The number of amides is 1. The average Bonchev–Trinajstić information content (AvgIpc) is 2.76. The van der Waals surface area contributed by atoms with Crippen molar-refractivity contribution in [1.29, 1.82) is 0 Å². The molecular formula is C16H12N2O4S2. The van der Waals surface area contributed by atoms with Crippen molar-refractivity contribution in [1.82, 2.24) is 4.57 Å². The molecular weight excluding hydrogens is 348 g/mol. The Kier molecular flexibility index (Phi) is 4.16. The minimum Gasteiger partial charge on any atom is -0.493 e. The van der Waals surface area contributed by atoms with E-state index in [-0.39, 0.29) is 9.83 Å². The molecule has 24 heavy (non-hydrogen) atoms. The summed E-state index contributed by atoms with van der Waals surface area (Å²) < 4.78 is 1.33. The summed E-state index contributed by atoms with van der Waals surface area (Å²) in [4.78, 5) is 27.3. The van der Waals surface area contributed by atoms with Crippen LogP contribution in [-0.4, -0.2) is 26.7 Å². The molecule has 0 saturated carbocycles. The summed E-state index contributed by atoms with van der Waals surface area (Å²) in [6, 6.07) is 5.57. The number of hydrogen-bond acceptors (Lipinski definition) is 5. The third-order valence-electron chi connectivity index (χ3n) is 3.44. The number of fused-ring (bicyclic) bond motifs is 1. The number of aliphatic carboxylic acids is 1. The van der Waals surface area contributed by atoms with Gasteiger partial charge in [-0.1, -0.05) is 11.6 Å². The Balaban J connectivity index is 2.11. The fourth-order valence-electron chi connectivity index (χ4n) is 2.32. The van der Waals surface area contributed by atoms with E-state index in [0.717, 1.165) is 26.7 Å². The van der Waals surface area contributed by atoms with Crippen molar-refractivity contribution in [3.63, 3.8) is 0 Å². The van der Waals surface area contributed by atoms with Crippen LogP contribution in [0.25, 0.3) is 12.2 Å². The number of rotatable bonds is 3. The summed E-state index contributed by atoms with van der Waals surface area (Å²) in [5, 5.41) is 20.4. The molecule has 0 aliphatic carbocycles. The lowest BCUT2D eigenvalue weighted by Gasteiger charge is -2.04. The molecule has 3 rings (SSSR count). The second kappa shape index (κ2) is 6.14. The van der Waals surface area contributed by atoms with Crippen molar-refractivity contribution in [2.45, 2.75) is 13.5 Å². The molecule has 1 aromatic carbocycles. The molecule has 0 fully saturated rings. The van der Waals surface area contributed by atoms with E-state index in [1.54, 1.807) is 12.1 Å². The third kappa shape index (κ3) is 3.06. The lowest BCUT2D eigenvalue weighted by atomic mass is 10.1. The number of carbonyl (C=O) groups is 2. The van der Waals surface area contributed by atoms with Gasteiger partial charge in [-0.05, 0) is 43.4 Å². The highest BCUT2D eigenvalue weighted by Gasteiger charge is 2.16. The summed E-state index contributed by atoms with van der Waals surface area (Å²) in [5.74, 6) is -1.80. The maximum atomic E-state index is 12.2. The van der Waals surface area contributed by atoms with Crippen molar-refractivity contribution in [2.24, 2.45) is 4.99 Å². The van der Waals surface area contributed by atoms with E-state index in [9.17, 15) is 14.7 Å². The number of aromatic hydroxyl groups is 1. The highest BCUT2D eigenvalue weighted by molar-refractivity contribution is 7.73. The molecule has 0 atom stereocenters. The molecule has 0 saturated heterocycles. The van der Waals surface area contributed by atoms with Gasteiger partial charge < -0.3 is 10.2 Å². The normalized spacial score (nSPS) is 14.9. The van der Waals surface area contributed by atoms with Crippen LogP contribution < -0.4 is 10.6 Å². The van der Waals surface area contributed by atoms with Gasteiger partial charge in [0.05, 0.1) is 10.2 Å². The molecule has 0 bridgehead atoms. The van der Waals surface area contributed by atoms with Gasteiger partial charge in [-0.3, -0.25) is 14.2 Å². The molecule has 1 aliphatic rings. The molecule has 1 amide bonds. The molecule has 2 heterocycles. The highest BCUT2D eigenvalue weighted by Crippen LogP contribution is 2.29. The van der Waals surface area contributed by atoms with Gasteiger partial charge in [0.25, 0.3) is 5.91 Å². The third-order valence-corrected chi connectivity index (χ3v) is 4.82. The van der Waals surface area contributed by atoms with Crippen LogP contribution >= 0.6 is 23.6 Å². The van der Waals surface area contributed by atoms with Crippen molar-refractivity contribution < 1.29 is 19.8 Å². The Morgan fingerprint density at radius 3 is 2.92 bits per heavy atom. The first kappa shape index (κ1) is 16.3. The Hall–Kier alpha value is -2.58. The summed E-state index contributed by atoms with van der Waals surface area (Å²) in [6.45, 7) is 1.51. The second-order valence-electron chi connectivity index (χ2n) is 5.26. The van der Waals surface area contributed by atoms with Crippen molar-refractivity contribution in [3.8, 4) is 5.88 Å². The topological polar surface area (TPSA) is 91.9 Å². The number of aryl methyl sites for hydroxylation is 1. The first-order valence-electron chi connectivity index (χ1n) is 6.92. The lowest BCUT2D eigenvalue weighted by molar-refractivity contribution is -0.137. The molecule has 122 valence electrons. The predicted octanol–water partition coefficient (Wildman–Crippen LogP) is 1.40. The summed E-state index contributed by atoms with van der Waals surface area (Å²) >= 11 is 6.10. The fraction of sp³-hybridized carbons (Fsp3) is 0.125. The number of aromatic nitrogens is 1. The van der Waals surface area contributed by atoms with Crippen LogP contribution in [0.3, 0.4) is 0 Å². The van der Waals surface area contributed by atoms with E-state index >= 15 is 0 Å². The number of carboxylic acids is 1. The largest absolute Gasteiger partial charge is 0.493 e. The fourth-order valence-corrected chi connectivity index (χ4v) is 3.58. The number of carboxylic acid groups (broad SMARTS) is 1. The summed E-state index contributed by atoms with van der Waals surface area (Å²) in [6.07, 6.45) is 3.17. The Bertz CT molecular complexity index is 1080. The minimum absolute atomic E-state index is 0.221. The number of nitrogens with zero attached hydrogens (tertiary/aromatic N) is 2. The van der Waals surface area contributed by atoms with Crippen molar-refractivity contribution in [2.75, 3.05) is 0 Å². The molecule has 0 unspecified atom stereocenters. The van der Waals surface area contributed by atoms with E-state index < -0.39 is 18.4 Å². The van der Waals surface area contributed by atoms with Crippen LogP contribution in [-0.2, 0) is 16.1 Å². The highest BCUT2D eigenvalue weighted by atomic mass is 32.1. The SMILES string of the molecule is Cc1ccc2c(c1)=C/C(=C/c1sc(=S)n(CC(=O)O)c1O)C(=O)N=2. The number of benzene rings is 1. The molecule has 1 aliphatic heterocycles. The standard InChI is InChI=1S/C16H12N2O4S2/c1-8-2-3-11-9(4-8)5-10(14(21)17-11)6-12-15(22)18(7-13(19)20)16(23)24-12/h2-6,22H,7H2,1H3,(H,19,20)/b10-6-. The van der Waals surface area contributed by atoms with Crippen LogP contribution in [0, 0.1) is 10.9 Å². The van der Waals surface area contributed by atoms with E-state index in [2.05, 4.69) is 4.99 Å². The molecule has 2 aromatic rings. The Labute approximate surface area is 145 Å². The maximum absolute atomic E-state index is 12.2. The van der Waals surface area contributed by atoms with Gasteiger partial charge in [0.2, 0.25) is 5.88 Å². The zero-order valence-corrected chi connectivity index (χ0v) is 14.1. The summed E-state index contributed by atoms with van der Waals surface area (Å²) in [5.41, 5.74) is 1.35. The van der Waals surface area contributed by atoms with Crippen LogP contribution in [0.4, 0.5) is 0 Å². The molecule has 0 radical (unpaired) electrons. The quantitative estimate of drug-likeness (QED) is 0.638. The number of carbonyl (C=O) groups excluding carboxylic acids is 1. The summed E-state index contributed by atoms with van der Waals surface area (Å²) in [7, 11) is 0. The van der Waals surface area contributed by atoms with Gasteiger partial charge in [-0.25, -0.2) is 4.99 Å². The van der Waals surface area contributed by atoms with Crippen LogP contribution in [0.1, 0.15) is 10.4 Å². The van der Waals surface area contributed by atoms with Crippen molar-refractivity contribution >= 4 is 47.6 Å². The van der Waals surface area contributed by atoms with Crippen LogP contribution in [0.2, 0.25) is 0 Å². The number of hydrogen-bond donors (Lipinski definition) is 2. The Morgan fingerprint density at radius 2 is 2.21 bits per heavy atom. The second-order valence-corrected chi connectivity index (χ2v) is 6.93. The first-order valence-corrected chi connectivity index (χ1v) is 8.15. The Morgan fingerprint density at radius 1 is 1.46 bits per heavy atom. The zero-order valence-electron chi connectivity index (χ0n) is 12.5.